The van der Waals surface area contributed by atoms with Crippen LogP contribution in [0, 0.1) is 0 Å². The van der Waals surface area contributed by atoms with Gasteiger partial charge >= 0.3 is 0 Å². The first-order valence-corrected chi connectivity index (χ1v) is 4.64. The minimum atomic E-state index is -0.152. The molecule has 0 aliphatic heterocycles. The lowest BCUT2D eigenvalue weighted by molar-refractivity contribution is -0.122. The molecule has 0 aromatic rings. The van der Waals surface area contributed by atoms with E-state index in [1.165, 1.54) is 0 Å². The summed E-state index contributed by atoms with van der Waals surface area (Å²) >= 11 is 0. The minimum Gasteiger partial charge on any atom is -0.377 e. The molecule has 0 spiro atoms. The SMILES string of the molecule is CNC(=O)C(C)NCCOC(C)C. The average molecular weight is 188 g/mol. The predicted molar refractivity (Wildman–Crippen MR) is 52.6 cm³/mol. The zero-order valence-corrected chi connectivity index (χ0v) is 8.89. The molecule has 0 radical (unpaired) electrons. The lowest BCUT2D eigenvalue weighted by atomic mass is 10.3. The highest BCUT2D eigenvalue weighted by Crippen LogP contribution is 1.86. The Kier molecular flexibility index (Phi) is 6.54. The number of hydrogen-bond acceptors (Lipinski definition) is 3. The van der Waals surface area contributed by atoms with Gasteiger partial charge in [0, 0.05) is 13.6 Å². The van der Waals surface area contributed by atoms with Crippen molar-refractivity contribution in [2.75, 3.05) is 20.2 Å². The Hall–Kier alpha value is -0.610. The maximum Gasteiger partial charge on any atom is 0.236 e. The van der Waals surface area contributed by atoms with E-state index >= 15 is 0 Å². The van der Waals surface area contributed by atoms with Gasteiger partial charge in [-0.25, -0.2) is 0 Å². The van der Waals surface area contributed by atoms with E-state index in [9.17, 15) is 4.79 Å². The van der Waals surface area contributed by atoms with Crippen LogP contribution in [0.15, 0.2) is 0 Å². The number of ether oxygens (including phenoxy) is 1. The molecule has 4 nitrogen and oxygen atoms in total. The zero-order chi connectivity index (χ0) is 10.3. The molecule has 1 amide bonds. The quantitative estimate of drug-likeness (QED) is 0.583. The Bertz CT molecular complexity index is 149. The summed E-state index contributed by atoms with van der Waals surface area (Å²) in [4.78, 5) is 11.0. The van der Waals surface area contributed by atoms with Crippen molar-refractivity contribution in [3.63, 3.8) is 0 Å². The molecular weight excluding hydrogens is 168 g/mol. The van der Waals surface area contributed by atoms with Crippen molar-refractivity contribution >= 4 is 5.91 Å². The lowest BCUT2D eigenvalue weighted by Crippen LogP contribution is -2.42. The highest BCUT2D eigenvalue weighted by atomic mass is 16.5. The van der Waals surface area contributed by atoms with Crippen molar-refractivity contribution in [2.45, 2.75) is 32.9 Å². The average Bonchev–Trinajstić information content (AvgIpc) is 2.10. The summed E-state index contributed by atoms with van der Waals surface area (Å²) in [5, 5.41) is 5.62. The van der Waals surface area contributed by atoms with Crippen LogP contribution in [0.4, 0.5) is 0 Å². The summed E-state index contributed by atoms with van der Waals surface area (Å²) in [6.07, 6.45) is 0.247. The smallest absolute Gasteiger partial charge is 0.236 e. The Balaban J connectivity index is 3.37. The third-order valence-corrected chi connectivity index (χ3v) is 1.64. The maximum absolute atomic E-state index is 11.0. The van der Waals surface area contributed by atoms with E-state index in [1.807, 2.05) is 20.8 Å². The highest BCUT2D eigenvalue weighted by molar-refractivity contribution is 5.80. The van der Waals surface area contributed by atoms with E-state index in [0.717, 1.165) is 0 Å². The van der Waals surface area contributed by atoms with Crippen LogP contribution in [0.3, 0.4) is 0 Å². The van der Waals surface area contributed by atoms with Crippen LogP contribution in [0.2, 0.25) is 0 Å². The van der Waals surface area contributed by atoms with Crippen LogP contribution in [-0.4, -0.2) is 38.3 Å². The molecule has 0 aromatic heterocycles. The fourth-order valence-electron chi connectivity index (χ4n) is 0.879. The lowest BCUT2D eigenvalue weighted by Gasteiger charge is -2.13. The molecule has 0 saturated carbocycles. The summed E-state index contributed by atoms with van der Waals surface area (Å²) in [5.74, 6) is 0.00421. The van der Waals surface area contributed by atoms with E-state index in [0.29, 0.717) is 13.2 Å². The second-order valence-corrected chi connectivity index (χ2v) is 3.21. The fraction of sp³-hybridized carbons (Fsp3) is 0.889. The monoisotopic (exact) mass is 188 g/mol. The minimum absolute atomic E-state index is 0.00421. The molecule has 0 aromatic carbocycles. The molecule has 13 heavy (non-hydrogen) atoms. The first-order chi connectivity index (χ1) is 6.07. The summed E-state index contributed by atoms with van der Waals surface area (Å²) in [6.45, 7) is 7.14. The topological polar surface area (TPSA) is 50.4 Å². The van der Waals surface area contributed by atoms with Crippen LogP contribution in [0.1, 0.15) is 20.8 Å². The van der Waals surface area contributed by atoms with E-state index in [-0.39, 0.29) is 18.1 Å². The maximum atomic E-state index is 11.0. The first-order valence-electron chi connectivity index (χ1n) is 4.64. The standard InChI is InChI=1S/C9H20N2O2/c1-7(2)13-6-5-11-8(3)9(12)10-4/h7-8,11H,5-6H2,1-4H3,(H,10,12). The van der Waals surface area contributed by atoms with Gasteiger partial charge in [0.25, 0.3) is 0 Å². The summed E-state index contributed by atoms with van der Waals surface area (Å²) in [7, 11) is 1.63. The number of rotatable bonds is 6. The third kappa shape index (κ3) is 6.54. The largest absolute Gasteiger partial charge is 0.377 e. The van der Waals surface area contributed by atoms with Crippen molar-refractivity contribution < 1.29 is 9.53 Å². The van der Waals surface area contributed by atoms with E-state index in [2.05, 4.69) is 10.6 Å². The Labute approximate surface area is 80.0 Å². The van der Waals surface area contributed by atoms with Gasteiger partial charge in [0.1, 0.15) is 0 Å². The van der Waals surface area contributed by atoms with Gasteiger partial charge in [-0.2, -0.15) is 0 Å². The van der Waals surface area contributed by atoms with Gasteiger partial charge in [0.2, 0.25) is 5.91 Å². The molecule has 0 bridgehead atoms. The van der Waals surface area contributed by atoms with E-state index < -0.39 is 0 Å². The molecule has 2 N–H and O–H groups in total. The molecule has 0 aliphatic carbocycles. The molecule has 0 heterocycles. The normalized spacial score (nSPS) is 13.0. The molecule has 0 saturated heterocycles. The van der Waals surface area contributed by atoms with Crippen LogP contribution in [0.25, 0.3) is 0 Å². The number of nitrogens with one attached hydrogen (secondary N) is 2. The van der Waals surface area contributed by atoms with Crippen molar-refractivity contribution in [1.29, 1.82) is 0 Å². The van der Waals surface area contributed by atoms with Gasteiger partial charge in [-0.1, -0.05) is 0 Å². The Morgan fingerprint density at radius 2 is 2.00 bits per heavy atom. The van der Waals surface area contributed by atoms with Crippen LogP contribution >= 0.6 is 0 Å². The summed E-state index contributed by atoms with van der Waals surface area (Å²) < 4.78 is 5.31. The molecule has 78 valence electrons. The molecule has 0 aliphatic rings. The molecule has 1 unspecified atom stereocenters. The molecule has 1 atom stereocenters. The van der Waals surface area contributed by atoms with Crippen molar-refractivity contribution in [1.82, 2.24) is 10.6 Å². The number of hydrogen-bond donors (Lipinski definition) is 2. The second kappa shape index (κ2) is 6.86. The highest BCUT2D eigenvalue weighted by Gasteiger charge is 2.08. The first kappa shape index (κ1) is 12.4. The van der Waals surface area contributed by atoms with Gasteiger partial charge in [-0.3, -0.25) is 4.79 Å². The molecule has 0 fully saturated rings. The van der Waals surface area contributed by atoms with E-state index in [1.54, 1.807) is 7.05 Å². The molecule has 0 rings (SSSR count). The predicted octanol–water partition coefficient (Wildman–Crippen LogP) is 0.135. The number of amides is 1. The van der Waals surface area contributed by atoms with Gasteiger partial charge in [0.15, 0.2) is 0 Å². The third-order valence-electron chi connectivity index (χ3n) is 1.64. The van der Waals surface area contributed by atoms with Crippen molar-refractivity contribution in [3.05, 3.63) is 0 Å². The van der Waals surface area contributed by atoms with Crippen molar-refractivity contribution in [2.24, 2.45) is 0 Å². The zero-order valence-electron chi connectivity index (χ0n) is 8.89. The van der Waals surface area contributed by atoms with Gasteiger partial charge in [-0.05, 0) is 20.8 Å². The Morgan fingerprint density at radius 3 is 2.46 bits per heavy atom. The number of carbonyl (C=O) groups excluding carboxylic acids is 1. The molecule has 4 heteroatoms. The van der Waals surface area contributed by atoms with E-state index in [4.69, 9.17) is 4.74 Å². The van der Waals surface area contributed by atoms with Crippen molar-refractivity contribution in [3.8, 4) is 0 Å². The van der Waals surface area contributed by atoms with Crippen LogP contribution in [-0.2, 0) is 9.53 Å². The molecular formula is C9H20N2O2. The number of carbonyl (C=O) groups is 1. The number of likely N-dealkylation sites (N-methyl/N-ethyl adjacent to an activating group) is 1. The van der Waals surface area contributed by atoms with Crippen LogP contribution < -0.4 is 10.6 Å². The fourth-order valence-corrected chi connectivity index (χ4v) is 0.879. The van der Waals surface area contributed by atoms with Gasteiger partial charge in [-0.15, -0.1) is 0 Å². The summed E-state index contributed by atoms with van der Waals surface area (Å²) in [5.41, 5.74) is 0. The second-order valence-electron chi connectivity index (χ2n) is 3.21. The summed E-state index contributed by atoms with van der Waals surface area (Å²) in [6, 6.07) is -0.152. The van der Waals surface area contributed by atoms with Gasteiger partial charge < -0.3 is 15.4 Å². The van der Waals surface area contributed by atoms with Crippen LogP contribution in [0.5, 0.6) is 0 Å². The Morgan fingerprint density at radius 1 is 1.38 bits per heavy atom. The van der Waals surface area contributed by atoms with Gasteiger partial charge in [0.05, 0.1) is 18.8 Å².